The Morgan fingerprint density at radius 1 is 1.21 bits per heavy atom. The summed E-state index contributed by atoms with van der Waals surface area (Å²) < 4.78 is 44.8. The zero-order valence-corrected chi connectivity index (χ0v) is 13.8. The quantitative estimate of drug-likeness (QED) is 0.787. The summed E-state index contributed by atoms with van der Waals surface area (Å²) in [5, 5.41) is 0. The average Bonchev–Trinajstić information content (AvgIpc) is 2.50. The normalized spacial score (nSPS) is 15.1. The molecule has 0 N–H and O–H groups in total. The lowest BCUT2D eigenvalue weighted by Gasteiger charge is -2.39. The summed E-state index contributed by atoms with van der Waals surface area (Å²) >= 11 is 3.29. The Hall–Kier alpha value is -2.09. The number of rotatable bonds is 3. The Morgan fingerprint density at radius 2 is 1.88 bits per heavy atom. The van der Waals surface area contributed by atoms with Crippen LogP contribution in [0.4, 0.5) is 13.2 Å². The van der Waals surface area contributed by atoms with Gasteiger partial charge >= 0.3 is 6.18 Å². The molecule has 126 valence electrons. The number of halogens is 4. The topological polar surface area (TPSA) is 42.4 Å². The van der Waals surface area contributed by atoms with Crippen LogP contribution in [0.3, 0.4) is 0 Å². The van der Waals surface area contributed by atoms with Crippen molar-refractivity contribution in [2.45, 2.75) is 12.3 Å². The van der Waals surface area contributed by atoms with Crippen LogP contribution >= 0.6 is 15.9 Å². The Kier molecular flexibility index (Phi) is 4.49. The highest BCUT2D eigenvalue weighted by Crippen LogP contribution is 2.35. The maximum atomic E-state index is 12.9. The van der Waals surface area contributed by atoms with Gasteiger partial charge in [-0.2, -0.15) is 13.2 Å². The highest BCUT2D eigenvalue weighted by molar-refractivity contribution is 9.10. The maximum Gasteiger partial charge on any atom is 0.421 e. The number of amides is 1. The van der Waals surface area contributed by atoms with Gasteiger partial charge in [-0.05, 0) is 36.4 Å². The third-order valence-corrected chi connectivity index (χ3v) is 4.11. The molecule has 2 aromatic rings. The van der Waals surface area contributed by atoms with E-state index in [4.69, 9.17) is 4.74 Å². The van der Waals surface area contributed by atoms with Crippen LogP contribution in [0.5, 0.6) is 5.88 Å². The minimum Gasteiger partial charge on any atom is -0.470 e. The van der Waals surface area contributed by atoms with Gasteiger partial charge in [-0.1, -0.05) is 15.9 Å². The molecule has 1 aromatic heterocycles. The van der Waals surface area contributed by atoms with Gasteiger partial charge < -0.3 is 9.64 Å². The van der Waals surface area contributed by atoms with Crippen molar-refractivity contribution in [1.29, 1.82) is 0 Å². The molecule has 0 saturated carbocycles. The third-order valence-electron chi connectivity index (χ3n) is 3.58. The van der Waals surface area contributed by atoms with E-state index < -0.39 is 23.7 Å². The van der Waals surface area contributed by atoms with Crippen molar-refractivity contribution < 1.29 is 22.7 Å². The van der Waals surface area contributed by atoms with E-state index in [0.29, 0.717) is 5.56 Å². The SMILES string of the molecule is O=C(c1ccc(Br)cc1)N1CC(Oc2ncccc2C(F)(F)F)C1. The van der Waals surface area contributed by atoms with Crippen molar-refractivity contribution in [3.63, 3.8) is 0 Å². The van der Waals surface area contributed by atoms with Gasteiger partial charge in [0.15, 0.2) is 0 Å². The molecule has 0 atom stereocenters. The second-order valence-electron chi connectivity index (χ2n) is 5.31. The van der Waals surface area contributed by atoms with Crippen LogP contribution in [-0.2, 0) is 6.18 Å². The molecule has 0 aliphatic carbocycles. The first-order valence-electron chi connectivity index (χ1n) is 7.08. The second kappa shape index (κ2) is 6.43. The van der Waals surface area contributed by atoms with Crippen LogP contribution in [-0.4, -0.2) is 35.0 Å². The van der Waals surface area contributed by atoms with E-state index in [0.717, 1.165) is 10.5 Å². The Morgan fingerprint density at radius 3 is 2.50 bits per heavy atom. The number of alkyl halides is 3. The van der Waals surface area contributed by atoms with E-state index in [1.165, 1.54) is 17.2 Å². The van der Waals surface area contributed by atoms with Crippen LogP contribution in [0.15, 0.2) is 47.1 Å². The Labute approximate surface area is 144 Å². The van der Waals surface area contributed by atoms with Crippen LogP contribution in [0.25, 0.3) is 0 Å². The lowest BCUT2D eigenvalue weighted by atomic mass is 10.1. The van der Waals surface area contributed by atoms with Crippen LogP contribution in [0, 0.1) is 0 Å². The molecule has 0 bridgehead atoms. The van der Waals surface area contributed by atoms with Gasteiger partial charge in [0.05, 0.1) is 13.1 Å². The fourth-order valence-electron chi connectivity index (χ4n) is 2.31. The van der Waals surface area contributed by atoms with Crippen molar-refractivity contribution in [3.05, 3.63) is 58.2 Å². The molecule has 3 rings (SSSR count). The molecule has 4 nitrogen and oxygen atoms in total. The molecule has 1 saturated heterocycles. The van der Waals surface area contributed by atoms with Crippen molar-refractivity contribution in [3.8, 4) is 5.88 Å². The summed E-state index contributed by atoms with van der Waals surface area (Å²) in [4.78, 5) is 17.4. The molecule has 1 fully saturated rings. The van der Waals surface area contributed by atoms with E-state index in [-0.39, 0.29) is 19.0 Å². The fourth-order valence-corrected chi connectivity index (χ4v) is 2.58. The van der Waals surface area contributed by atoms with Gasteiger partial charge in [0.25, 0.3) is 5.91 Å². The number of hydrogen-bond donors (Lipinski definition) is 0. The molecule has 24 heavy (non-hydrogen) atoms. The van der Waals surface area contributed by atoms with Crippen LogP contribution in [0.2, 0.25) is 0 Å². The Bertz CT molecular complexity index is 744. The average molecular weight is 401 g/mol. The lowest BCUT2D eigenvalue weighted by molar-refractivity contribution is -0.140. The smallest absolute Gasteiger partial charge is 0.421 e. The monoisotopic (exact) mass is 400 g/mol. The lowest BCUT2D eigenvalue weighted by Crippen LogP contribution is -2.56. The minimum absolute atomic E-state index is 0.181. The van der Waals surface area contributed by atoms with E-state index in [1.807, 2.05) is 0 Å². The van der Waals surface area contributed by atoms with Gasteiger partial charge in [0, 0.05) is 16.2 Å². The van der Waals surface area contributed by atoms with E-state index in [1.54, 1.807) is 24.3 Å². The zero-order valence-electron chi connectivity index (χ0n) is 12.3. The van der Waals surface area contributed by atoms with Gasteiger partial charge in [-0.3, -0.25) is 4.79 Å². The number of ether oxygens (including phenoxy) is 1. The summed E-state index contributed by atoms with van der Waals surface area (Å²) in [6, 6.07) is 9.00. The third kappa shape index (κ3) is 3.53. The van der Waals surface area contributed by atoms with Gasteiger partial charge in [0.2, 0.25) is 5.88 Å². The number of hydrogen-bond acceptors (Lipinski definition) is 3. The minimum atomic E-state index is -4.53. The standard InChI is InChI=1S/C16H12BrF3N2O2/c17-11-5-3-10(4-6-11)15(23)22-8-12(9-22)24-14-13(16(18,19)20)2-1-7-21-14/h1-7,12H,8-9H2. The van der Waals surface area contributed by atoms with Gasteiger partial charge in [-0.25, -0.2) is 4.98 Å². The number of pyridine rings is 1. The maximum absolute atomic E-state index is 12.9. The first-order chi connectivity index (χ1) is 11.3. The van der Waals surface area contributed by atoms with Gasteiger partial charge in [-0.15, -0.1) is 0 Å². The fraction of sp³-hybridized carbons (Fsp3) is 0.250. The summed E-state index contributed by atoms with van der Waals surface area (Å²) in [5.41, 5.74) is -0.395. The highest BCUT2D eigenvalue weighted by atomic mass is 79.9. The van der Waals surface area contributed by atoms with Gasteiger partial charge in [0.1, 0.15) is 11.7 Å². The summed E-state index contributed by atoms with van der Waals surface area (Å²) in [5.74, 6) is -0.634. The van der Waals surface area contributed by atoms with E-state index in [9.17, 15) is 18.0 Å². The molecule has 1 aliphatic heterocycles. The molecule has 0 radical (unpaired) electrons. The molecular formula is C16H12BrF3N2O2. The van der Waals surface area contributed by atoms with Crippen LogP contribution < -0.4 is 4.74 Å². The number of likely N-dealkylation sites (tertiary alicyclic amines) is 1. The van der Waals surface area contributed by atoms with Crippen molar-refractivity contribution in [1.82, 2.24) is 9.88 Å². The zero-order chi connectivity index (χ0) is 17.3. The highest BCUT2D eigenvalue weighted by Gasteiger charge is 2.38. The van der Waals surface area contributed by atoms with E-state index in [2.05, 4.69) is 20.9 Å². The molecule has 8 heteroatoms. The van der Waals surface area contributed by atoms with E-state index >= 15 is 0 Å². The molecular weight excluding hydrogens is 389 g/mol. The van der Waals surface area contributed by atoms with Crippen molar-refractivity contribution in [2.24, 2.45) is 0 Å². The predicted molar refractivity (Wildman–Crippen MR) is 83.7 cm³/mol. The first-order valence-corrected chi connectivity index (χ1v) is 7.87. The van der Waals surface area contributed by atoms with Crippen LogP contribution in [0.1, 0.15) is 15.9 Å². The number of carbonyl (C=O) groups is 1. The first kappa shape index (κ1) is 16.8. The predicted octanol–water partition coefficient (Wildman–Crippen LogP) is 3.77. The molecule has 0 unspecified atom stereocenters. The Balaban J connectivity index is 1.62. The molecule has 0 spiro atoms. The van der Waals surface area contributed by atoms with Crippen molar-refractivity contribution in [2.75, 3.05) is 13.1 Å². The number of benzene rings is 1. The summed E-state index contributed by atoms with van der Waals surface area (Å²) in [7, 11) is 0. The largest absolute Gasteiger partial charge is 0.470 e. The number of carbonyl (C=O) groups excluding carboxylic acids is 1. The summed E-state index contributed by atoms with van der Waals surface area (Å²) in [6.45, 7) is 0.450. The molecule has 2 heterocycles. The summed E-state index contributed by atoms with van der Waals surface area (Å²) in [6.07, 6.45) is -3.78. The second-order valence-corrected chi connectivity index (χ2v) is 6.23. The number of nitrogens with zero attached hydrogens (tertiary/aromatic N) is 2. The molecule has 1 aliphatic rings. The van der Waals surface area contributed by atoms with Crippen molar-refractivity contribution >= 4 is 21.8 Å². The number of aromatic nitrogens is 1. The molecule has 1 aromatic carbocycles. The molecule has 1 amide bonds.